The summed E-state index contributed by atoms with van der Waals surface area (Å²) in [6.07, 6.45) is 5.45. The van der Waals surface area contributed by atoms with Crippen molar-refractivity contribution in [1.29, 1.82) is 0 Å². The van der Waals surface area contributed by atoms with Gasteiger partial charge in [0.2, 0.25) is 5.91 Å². The van der Waals surface area contributed by atoms with E-state index in [4.69, 9.17) is 16.0 Å². The minimum Gasteiger partial charge on any atom is -0.460 e. The highest BCUT2D eigenvalue weighted by Crippen LogP contribution is 2.35. The van der Waals surface area contributed by atoms with Crippen LogP contribution in [0.4, 0.5) is 0 Å². The minimum atomic E-state index is -1.04. The molecule has 0 saturated heterocycles. The van der Waals surface area contributed by atoms with Crippen LogP contribution in [0.1, 0.15) is 60.8 Å². The lowest BCUT2D eigenvalue weighted by Crippen LogP contribution is -2.64. The van der Waals surface area contributed by atoms with Crippen molar-refractivity contribution in [1.82, 2.24) is 14.8 Å². The third-order valence-corrected chi connectivity index (χ3v) is 7.13. The van der Waals surface area contributed by atoms with Gasteiger partial charge in [-0.1, -0.05) is 43.0 Å². The Bertz CT molecular complexity index is 1190. The van der Waals surface area contributed by atoms with Crippen molar-refractivity contribution < 1.29 is 14.0 Å². The van der Waals surface area contributed by atoms with Crippen LogP contribution in [0, 0.1) is 6.92 Å². The van der Waals surface area contributed by atoms with Gasteiger partial charge in [-0.2, -0.15) is 0 Å². The first-order chi connectivity index (χ1) is 15.3. The molecule has 5 rings (SSSR count). The molecule has 1 aliphatic carbocycles. The summed E-state index contributed by atoms with van der Waals surface area (Å²) in [5, 5.41) is 3.87. The minimum absolute atomic E-state index is 0.104. The van der Waals surface area contributed by atoms with Gasteiger partial charge in [-0.15, -0.1) is 0 Å². The lowest BCUT2D eigenvalue weighted by atomic mass is 9.91. The molecule has 3 aromatic rings. The van der Waals surface area contributed by atoms with Crippen LogP contribution in [-0.4, -0.2) is 32.9 Å². The number of benzene rings is 1. The number of hydrogen-bond acceptors (Lipinski definition) is 3. The summed E-state index contributed by atoms with van der Waals surface area (Å²) in [6.45, 7) is 4.43. The quantitative estimate of drug-likeness (QED) is 0.600. The summed E-state index contributed by atoms with van der Waals surface area (Å²) in [4.78, 5) is 29.1. The van der Waals surface area contributed by atoms with E-state index in [1.165, 1.54) is 6.42 Å². The van der Waals surface area contributed by atoms with E-state index in [1.807, 2.05) is 42.7 Å². The zero-order chi connectivity index (χ0) is 22.5. The molecule has 1 aliphatic heterocycles. The molecule has 3 heterocycles. The van der Waals surface area contributed by atoms with Crippen molar-refractivity contribution in [2.45, 2.75) is 70.6 Å². The zero-order valence-electron chi connectivity index (χ0n) is 18.5. The number of carbonyl (C=O) groups excluding carboxylic acids is 2. The number of hydrogen-bond donors (Lipinski definition) is 1. The second-order valence-corrected chi connectivity index (χ2v) is 9.76. The first-order valence-electron chi connectivity index (χ1n) is 11.3. The molecule has 1 aromatic carbocycles. The Balaban J connectivity index is 1.54. The molecule has 2 amide bonds. The van der Waals surface area contributed by atoms with Gasteiger partial charge in [0.05, 0.1) is 12.1 Å². The fraction of sp³-hybridized carbons (Fsp3) is 0.440. The van der Waals surface area contributed by atoms with E-state index >= 15 is 0 Å². The van der Waals surface area contributed by atoms with Gasteiger partial charge in [0, 0.05) is 29.7 Å². The van der Waals surface area contributed by atoms with Gasteiger partial charge in [-0.3, -0.25) is 9.59 Å². The third-order valence-electron chi connectivity index (χ3n) is 6.90. The van der Waals surface area contributed by atoms with Crippen molar-refractivity contribution in [2.75, 3.05) is 0 Å². The Labute approximate surface area is 192 Å². The van der Waals surface area contributed by atoms with Gasteiger partial charge < -0.3 is 19.2 Å². The second kappa shape index (κ2) is 8.00. The van der Waals surface area contributed by atoms with Crippen LogP contribution in [0.5, 0.6) is 0 Å². The van der Waals surface area contributed by atoms with Crippen LogP contribution in [-0.2, 0) is 17.9 Å². The molecule has 0 radical (unpaired) electrons. The normalized spacial score (nSPS) is 21.7. The fourth-order valence-corrected chi connectivity index (χ4v) is 5.33. The van der Waals surface area contributed by atoms with Crippen LogP contribution in [0.3, 0.4) is 0 Å². The molecule has 0 spiro atoms. The maximum atomic E-state index is 13.7. The SMILES string of the molecule is Cc1cc2c(cc3n2C[C@@](C)(C(=O)NC2CCCCC2)N(Cc2cccc(Cl)c2)C3=O)o1. The maximum absolute atomic E-state index is 13.7. The van der Waals surface area contributed by atoms with Crippen LogP contribution < -0.4 is 5.32 Å². The Hall–Kier alpha value is -2.73. The number of aryl methyl sites for hydroxylation is 1. The van der Waals surface area contributed by atoms with Crippen LogP contribution in [0.15, 0.2) is 40.8 Å². The maximum Gasteiger partial charge on any atom is 0.271 e. The molecule has 7 heteroatoms. The summed E-state index contributed by atoms with van der Waals surface area (Å²) in [7, 11) is 0. The summed E-state index contributed by atoms with van der Waals surface area (Å²) >= 11 is 6.20. The van der Waals surface area contributed by atoms with Crippen molar-refractivity contribution in [3.63, 3.8) is 0 Å². The predicted octanol–water partition coefficient (Wildman–Crippen LogP) is 5.06. The highest BCUT2D eigenvalue weighted by molar-refractivity contribution is 6.30. The number of nitrogens with zero attached hydrogens (tertiary/aromatic N) is 2. The molecular weight excluding hydrogens is 426 g/mol. The summed E-state index contributed by atoms with van der Waals surface area (Å²) in [6, 6.07) is 11.3. The average Bonchev–Trinajstić information content (AvgIpc) is 3.28. The molecule has 168 valence electrons. The Morgan fingerprint density at radius 2 is 2.00 bits per heavy atom. The van der Waals surface area contributed by atoms with Crippen molar-refractivity contribution >= 4 is 34.5 Å². The van der Waals surface area contributed by atoms with Crippen LogP contribution >= 0.6 is 11.6 Å². The summed E-state index contributed by atoms with van der Waals surface area (Å²) in [5.41, 5.74) is 1.92. The lowest BCUT2D eigenvalue weighted by Gasteiger charge is -2.44. The number of rotatable bonds is 4. The Morgan fingerprint density at radius 1 is 1.22 bits per heavy atom. The molecule has 1 atom stereocenters. The predicted molar refractivity (Wildman–Crippen MR) is 124 cm³/mol. The summed E-state index contributed by atoms with van der Waals surface area (Å²) < 4.78 is 7.71. The molecule has 0 bridgehead atoms. The molecule has 1 saturated carbocycles. The highest BCUT2D eigenvalue weighted by Gasteiger charge is 2.48. The van der Waals surface area contributed by atoms with Gasteiger partial charge in [0.15, 0.2) is 5.58 Å². The molecule has 1 N–H and O–H groups in total. The second-order valence-electron chi connectivity index (χ2n) is 9.33. The standard InChI is InChI=1S/C25H28ClN3O3/c1-16-11-20-22(32-16)13-21-23(30)29(14-17-7-6-8-18(26)12-17)25(2,15-28(20)21)24(31)27-19-9-4-3-5-10-19/h6-8,11-13,19H,3-5,9-10,14-15H2,1-2H3,(H,27,31)/t25-/m0/s1. The van der Waals surface area contributed by atoms with E-state index in [2.05, 4.69) is 5.32 Å². The number of fused-ring (bicyclic) bond motifs is 3. The zero-order valence-corrected chi connectivity index (χ0v) is 19.2. The fourth-order valence-electron chi connectivity index (χ4n) is 5.11. The van der Waals surface area contributed by atoms with Gasteiger partial charge >= 0.3 is 0 Å². The molecule has 2 aromatic heterocycles. The summed E-state index contributed by atoms with van der Waals surface area (Å²) in [5.74, 6) is 0.501. The van der Waals surface area contributed by atoms with E-state index in [0.717, 1.165) is 42.5 Å². The molecule has 6 nitrogen and oxygen atoms in total. The van der Waals surface area contributed by atoms with E-state index in [1.54, 1.807) is 17.0 Å². The first kappa shape index (κ1) is 21.1. The Kier molecular flexibility index (Phi) is 5.28. The van der Waals surface area contributed by atoms with Crippen molar-refractivity contribution in [3.8, 4) is 0 Å². The number of carbonyl (C=O) groups is 2. The Morgan fingerprint density at radius 3 is 2.75 bits per heavy atom. The number of amides is 2. The van der Waals surface area contributed by atoms with E-state index in [0.29, 0.717) is 29.4 Å². The van der Waals surface area contributed by atoms with Gasteiger partial charge in [-0.05, 0) is 44.4 Å². The average molecular weight is 454 g/mol. The lowest BCUT2D eigenvalue weighted by molar-refractivity contribution is -0.134. The molecular formula is C25H28ClN3O3. The van der Waals surface area contributed by atoms with Crippen LogP contribution in [0.2, 0.25) is 5.02 Å². The van der Waals surface area contributed by atoms with Crippen molar-refractivity contribution in [2.24, 2.45) is 0 Å². The van der Waals surface area contributed by atoms with Crippen molar-refractivity contribution in [3.05, 3.63) is 58.4 Å². The molecule has 0 unspecified atom stereocenters. The van der Waals surface area contributed by atoms with Gasteiger partial charge in [0.1, 0.15) is 17.0 Å². The van der Waals surface area contributed by atoms with Gasteiger partial charge in [-0.25, -0.2) is 0 Å². The monoisotopic (exact) mass is 453 g/mol. The molecule has 2 aliphatic rings. The number of nitrogens with one attached hydrogen (secondary N) is 1. The first-order valence-corrected chi connectivity index (χ1v) is 11.7. The highest BCUT2D eigenvalue weighted by atomic mass is 35.5. The molecule has 1 fully saturated rings. The largest absolute Gasteiger partial charge is 0.460 e. The van der Waals surface area contributed by atoms with E-state index in [9.17, 15) is 9.59 Å². The smallest absolute Gasteiger partial charge is 0.271 e. The van der Waals surface area contributed by atoms with Crippen LogP contribution in [0.25, 0.3) is 11.1 Å². The number of aromatic nitrogens is 1. The third kappa shape index (κ3) is 3.60. The molecule has 32 heavy (non-hydrogen) atoms. The number of furan rings is 1. The number of halogens is 1. The van der Waals surface area contributed by atoms with Gasteiger partial charge in [0.25, 0.3) is 5.91 Å². The van der Waals surface area contributed by atoms with E-state index in [-0.39, 0.29) is 17.9 Å². The van der Waals surface area contributed by atoms with E-state index < -0.39 is 5.54 Å². The topological polar surface area (TPSA) is 67.5 Å².